The average molecular weight is 378 g/mol. The number of aryl methyl sites for hydroxylation is 1. The summed E-state index contributed by atoms with van der Waals surface area (Å²) in [6, 6.07) is 11.7. The number of carbonyl (C=O) groups is 2. The van der Waals surface area contributed by atoms with Gasteiger partial charge in [0.25, 0.3) is 5.69 Å². The minimum absolute atomic E-state index is 0.117. The number of para-hydroxylation sites is 2. The van der Waals surface area contributed by atoms with E-state index in [1.807, 2.05) is 25.1 Å². The number of nitro benzene ring substituents is 1. The van der Waals surface area contributed by atoms with Gasteiger partial charge in [0, 0.05) is 34.8 Å². The fourth-order valence-electron chi connectivity index (χ4n) is 2.96. The first-order valence-corrected chi connectivity index (χ1v) is 8.71. The van der Waals surface area contributed by atoms with Crippen LogP contribution in [0.25, 0.3) is 17.0 Å². The summed E-state index contributed by atoms with van der Waals surface area (Å²) < 4.78 is 5.00. The Bertz CT molecular complexity index is 1080. The Kier molecular flexibility index (Phi) is 5.64. The van der Waals surface area contributed by atoms with Gasteiger partial charge in [-0.05, 0) is 24.1 Å². The van der Waals surface area contributed by atoms with Gasteiger partial charge in [0.1, 0.15) is 0 Å². The molecule has 7 heteroatoms. The third-order valence-electron chi connectivity index (χ3n) is 4.36. The summed E-state index contributed by atoms with van der Waals surface area (Å²) in [5.41, 5.74) is 2.62. The van der Waals surface area contributed by atoms with Crippen molar-refractivity contribution in [1.29, 1.82) is 0 Å². The van der Waals surface area contributed by atoms with Crippen LogP contribution in [0.2, 0.25) is 0 Å². The lowest BCUT2D eigenvalue weighted by atomic mass is 10.1. The number of hydrogen-bond donors (Lipinski definition) is 1. The van der Waals surface area contributed by atoms with Crippen LogP contribution in [0, 0.1) is 10.1 Å². The lowest BCUT2D eigenvalue weighted by molar-refractivity contribution is -0.385. The zero-order chi connectivity index (χ0) is 20.1. The molecular weight excluding hydrogens is 360 g/mol. The number of H-pyrrole nitrogens is 1. The minimum Gasteiger partial charge on any atom is -0.454 e. The second kappa shape index (κ2) is 8.30. The van der Waals surface area contributed by atoms with Crippen molar-refractivity contribution in [3.05, 3.63) is 81.5 Å². The first-order chi connectivity index (χ1) is 13.5. The summed E-state index contributed by atoms with van der Waals surface area (Å²) in [5.74, 6) is -1.08. The highest BCUT2D eigenvalue weighted by atomic mass is 16.6. The molecular formula is C21H18N2O5. The summed E-state index contributed by atoms with van der Waals surface area (Å²) in [6.07, 6.45) is 4.81. The molecule has 1 heterocycles. The normalized spacial score (nSPS) is 11.0. The topological polar surface area (TPSA) is 102 Å². The number of aromatic nitrogens is 1. The second-order valence-electron chi connectivity index (χ2n) is 6.08. The van der Waals surface area contributed by atoms with E-state index < -0.39 is 17.5 Å². The molecule has 0 atom stereocenters. The predicted octanol–water partition coefficient (Wildman–Crippen LogP) is 4.08. The van der Waals surface area contributed by atoms with Gasteiger partial charge < -0.3 is 9.72 Å². The molecule has 3 rings (SSSR count). The van der Waals surface area contributed by atoms with E-state index >= 15 is 0 Å². The van der Waals surface area contributed by atoms with E-state index in [0.717, 1.165) is 29.0 Å². The molecule has 0 amide bonds. The van der Waals surface area contributed by atoms with E-state index in [-0.39, 0.29) is 17.0 Å². The van der Waals surface area contributed by atoms with Gasteiger partial charge in [-0.15, -0.1) is 0 Å². The second-order valence-corrected chi connectivity index (χ2v) is 6.08. The molecule has 0 fully saturated rings. The lowest BCUT2D eigenvalue weighted by Gasteiger charge is -2.02. The predicted molar refractivity (Wildman–Crippen MR) is 105 cm³/mol. The van der Waals surface area contributed by atoms with E-state index in [1.54, 1.807) is 12.3 Å². The molecule has 0 unspecified atom stereocenters. The highest BCUT2D eigenvalue weighted by molar-refractivity contribution is 6.09. The highest BCUT2D eigenvalue weighted by Gasteiger charge is 2.15. The van der Waals surface area contributed by atoms with Gasteiger partial charge in [-0.25, -0.2) is 4.79 Å². The molecule has 1 aromatic heterocycles. The fraction of sp³-hybridized carbons (Fsp3) is 0.143. The number of Topliss-reactive ketones (excluding diaryl/α,β-unsaturated/α-hetero) is 1. The lowest BCUT2D eigenvalue weighted by Crippen LogP contribution is -2.12. The Morgan fingerprint density at radius 3 is 2.71 bits per heavy atom. The van der Waals surface area contributed by atoms with Gasteiger partial charge in [-0.2, -0.15) is 0 Å². The van der Waals surface area contributed by atoms with Crippen molar-refractivity contribution in [3.8, 4) is 0 Å². The van der Waals surface area contributed by atoms with Gasteiger partial charge >= 0.3 is 5.97 Å². The Hall–Kier alpha value is -3.74. The molecule has 0 spiro atoms. The summed E-state index contributed by atoms with van der Waals surface area (Å²) in [4.78, 5) is 37.9. The van der Waals surface area contributed by atoms with Crippen LogP contribution in [-0.4, -0.2) is 28.3 Å². The van der Waals surface area contributed by atoms with Crippen molar-refractivity contribution < 1.29 is 19.2 Å². The van der Waals surface area contributed by atoms with E-state index in [4.69, 9.17) is 4.74 Å². The molecule has 0 bridgehead atoms. The molecule has 0 aliphatic heterocycles. The average Bonchev–Trinajstić information content (AvgIpc) is 3.15. The number of esters is 1. The number of nitro groups is 1. The maximum Gasteiger partial charge on any atom is 0.331 e. The molecule has 0 saturated carbocycles. The van der Waals surface area contributed by atoms with Gasteiger partial charge in [0.2, 0.25) is 5.78 Å². The number of nitrogens with one attached hydrogen (secondary N) is 1. The van der Waals surface area contributed by atoms with Crippen molar-refractivity contribution in [2.24, 2.45) is 0 Å². The SMILES string of the molecule is CCc1cccc2c(C(=O)COC(=O)/C=C/c3ccccc3[N+](=O)[O-])c[nH]c12. The number of fused-ring (bicyclic) bond motifs is 1. The number of benzene rings is 2. The molecule has 0 radical (unpaired) electrons. The van der Waals surface area contributed by atoms with Crippen molar-refractivity contribution in [3.63, 3.8) is 0 Å². The maximum absolute atomic E-state index is 12.4. The molecule has 3 aromatic rings. The minimum atomic E-state index is -0.749. The largest absolute Gasteiger partial charge is 0.454 e. The van der Waals surface area contributed by atoms with Crippen molar-refractivity contribution in [1.82, 2.24) is 4.98 Å². The van der Waals surface area contributed by atoms with Crippen molar-refractivity contribution in [2.45, 2.75) is 13.3 Å². The van der Waals surface area contributed by atoms with Gasteiger partial charge in [0.15, 0.2) is 6.61 Å². The molecule has 0 aliphatic carbocycles. The molecule has 2 aromatic carbocycles. The van der Waals surface area contributed by atoms with Crippen LogP contribution in [-0.2, 0) is 16.0 Å². The van der Waals surface area contributed by atoms with Gasteiger partial charge in [-0.1, -0.05) is 37.3 Å². The molecule has 142 valence electrons. The standard InChI is InChI=1S/C21H18N2O5/c1-2-14-7-5-8-16-17(12-22-21(14)16)19(24)13-28-20(25)11-10-15-6-3-4-9-18(15)23(26)27/h3-12,22H,2,13H2,1H3/b11-10+. The zero-order valence-electron chi connectivity index (χ0n) is 15.2. The number of hydrogen-bond acceptors (Lipinski definition) is 5. The number of ether oxygens (including phenoxy) is 1. The number of aromatic amines is 1. The summed E-state index contributed by atoms with van der Waals surface area (Å²) in [6.45, 7) is 1.62. The molecule has 7 nitrogen and oxygen atoms in total. The molecule has 1 N–H and O–H groups in total. The number of nitrogens with zero attached hydrogens (tertiary/aromatic N) is 1. The maximum atomic E-state index is 12.4. The smallest absolute Gasteiger partial charge is 0.331 e. The number of rotatable bonds is 7. The van der Waals surface area contributed by atoms with Crippen LogP contribution in [0.1, 0.15) is 28.4 Å². The first kappa shape index (κ1) is 19.0. The van der Waals surface area contributed by atoms with Crippen LogP contribution in [0.15, 0.2) is 54.7 Å². The Morgan fingerprint density at radius 2 is 1.96 bits per heavy atom. The van der Waals surface area contributed by atoms with Gasteiger partial charge in [0.05, 0.1) is 10.5 Å². The Balaban J connectivity index is 1.67. The van der Waals surface area contributed by atoms with E-state index in [9.17, 15) is 19.7 Å². The summed E-state index contributed by atoms with van der Waals surface area (Å²) in [7, 11) is 0. The molecule has 0 aliphatic rings. The van der Waals surface area contributed by atoms with Crippen LogP contribution in [0.3, 0.4) is 0 Å². The monoisotopic (exact) mass is 378 g/mol. The van der Waals surface area contributed by atoms with Crippen LogP contribution >= 0.6 is 0 Å². The van der Waals surface area contributed by atoms with E-state index in [2.05, 4.69) is 4.98 Å². The van der Waals surface area contributed by atoms with Crippen LogP contribution < -0.4 is 0 Å². The van der Waals surface area contributed by atoms with Crippen molar-refractivity contribution >= 4 is 34.4 Å². The third kappa shape index (κ3) is 3.98. The molecule has 28 heavy (non-hydrogen) atoms. The quantitative estimate of drug-likeness (QED) is 0.219. The summed E-state index contributed by atoms with van der Waals surface area (Å²) >= 11 is 0. The Morgan fingerprint density at radius 1 is 1.18 bits per heavy atom. The van der Waals surface area contributed by atoms with E-state index in [1.165, 1.54) is 24.3 Å². The highest BCUT2D eigenvalue weighted by Crippen LogP contribution is 2.23. The number of carbonyl (C=O) groups excluding carboxylic acids is 2. The number of ketones is 1. The van der Waals surface area contributed by atoms with Crippen molar-refractivity contribution in [2.75, 3.05) is 6.61 Å². The fourth-order valence-corrected chi connectivity index (χ4v) is 2.96. The summed E-state index contributed by atoms with van der Waals surface area (Å²) in [5, 5.41) is 11.8. The third-order valence-corrected chi connectivity index (χ3v) is 4.36. The molecule has 0 saturated heterocycles. The first-order valence-electron chi connectivity index (χ1n) is 8.71. The van der Waals surface area contributed by atoms with E-state index in [0.29, 0.717) is 5.56 Å². The van der Waals surface area contributed by atoms with Crippen LogP contribution in [0.5, 0.6) is 0 Å². The Labute approximate surface area is 160 Å². The van der Waals surface area contributed by atoms with Gasteiger partial charge in [-0.3, -0.25) is 14.9 Å². The zero-order valence-corrected chi connectivity index (χ0v) is 15.2. The van der Waals surface area contributed by atoms with Crippen LogP contribution in [0.4, 0.5) is 5.69 Å².